The molecule has 1 spiro atoms. The Bertz CT molecular complexity index is 1430. The Morgan fingerprint density at radius 3 is 2.47 bits per heavy atom. The second-order valence-electron chi connectivity index (χ2n) is 13.5. The Morgan fingerprint density at radius 1 is 1.14 bits per heavy atom. The molecule has 1 saturated carbocycles. The molecule has 10 heteroatoms. The molecule has 1 atom stereocenters. The highest BCUT2D eigenvalue weighted by Gasteiger charge is 2.52. The fourth-order valence-electron chi connectivity index (χ4n) is 6.38. The molecule has 2 aliphatic heterocycles. The summed E-state index contributed by atoms with van der Waals surface area (Å²) in [6, 6.07) is 8.56. The normalized spacial score (nSPS) is 22.7. The zero-order valence-electron chi connectivity index (χ0n) is 25.8. The number of hydrogen-bond donors (Lipinski definition) is 1. The largest absolute Gasteiger partial charge is 0.345 e. The highest BCUT2D eigenvalue weighted by atomic mass is 19.1. The van der Waals surface area contributed by atoms with Gasteiger partial charge in [0.15, 0.2) is 12.5 Å². The van der Waals surface area contributed by atoms with Gasteiger partial charge in [-0.15, -0.1) is 5.11 Å². The number of azo groups is 1. The lowest BCUT2D eigenvalue weighted by Gasteiger charge is -2.46. The van der Waals surface area contributed by atoms with E-state index in [1.54, 1.807) is 12.1 Å². The molecule has 2 aromatic rings. The molecule has 1 aromatic carbocycles. The molecule has 9 nitrogen and oxygen atoms in total. The number of nitrogens with one attached hydrogen (secondary N) is 1. The van der Waals surface area contributed by atoms with Gasteiger partial charge in [0.2, 0.25) is 0 Å². The van der Waals surface area contributed by atoms with Crippen LogP contribution in [0.1, 0.15) is 101 Å². The summed E-state index contributed by atoms with van der Waals surface area (Å²) in [5, 5.41) is 10.6. The zero-order chi connectivity index (χ0) is 30.8. The number of hydrogen-bond acceptors (Lipinski definition) is 7. The summed E-state index contributed by atoms with van der Waals surface area (Å²) in [4.78, 5) is 42.5. The number of amidine groups is 1. The molecule has 0 radical (unpaired) electrons. The maximum absolute atomic E-state index is 14.4. The van der Waals surface area contributed by atoms with Gasteiger partial charge in [-0.05, 0) is 79.5 Å². The molecule has 3 heterocycles. The minimum absolute atomic E-state index is 0.0414. The molecule has 0 saturated heterocycles. The first-order valence-electron chi connectivity index (χ1n) is 15.3. The van der Waals surface area contributed by atoms with Crippen LogP contribution in [0.2, 0.25) is 0 Å². The monoisotopic (exact) mass is 587 g/mol. The predicted molar refractivity (Wildman–Crippen MR) is 164 cm³/mol. The van der Waals surface area contributed by atoms with Crippen molar-refractivity contribution in [2.24, 2.45) is 37.5 Å². The Labute approximate surface area is 253 Å². The molecule has 0 bridgehead atoms. The van der Waals surface area contributed by atoms with Crippen molar-refractivity contribution in [1.82, 2.24) is 15.2 Å². The minimum Gasteiger partial charge on any atom is -0.345 e. The first-order valence-corrected chi connectivity index (χ1v) is 15.3. The molecule has 1 aromatic heterocycles. The molecule has 0 unspecified atom stereocenters. The lowest BCUT2D eigenvalue weighted by molar-refractivity contribution is -0.133. The van der Waals surface area contributed by atoms with E-state index in [-0.39, 0.29) is 35.5 Å². The smallest absolute Gasteiger partial charge is 0.275 e. The van der Waals surface area contributed by atoms with Gasteiger partial charge in [-0.3, -0.25) is 19.6 Å². The SMILES string of the molecule is CC(C)C1CCC2(CC1)N=C(c1cncc(F)c1)C(=O)N2[C@H](CCC(C)(C)C)c1ccc(C(=O)NCC2=NCN=N2)cc1. The van der Waals surface area contributed by atoms with Crippen LogP contribution in [0.3, 0.4) is 0 Å². The molecule has 228 valence electrons. The number of pyridine rings is 1. The van der Waals surface area contributed by atoms with Crippen molar-refractivity contribution < 1.29 is 14.0 Å². The van der Waals surface area contributed by atoms with Crippen molar-refractivity contribution in [3.8, 4) is 0 Å². The topological polar surface area (TPSA) is 112 Å². The maximum Gasteiger partial charge on any atom is 0.275 e. The number of amides is 2. The lowest BCUT2D eigenvalue weighted by Crippen LogP contribution is -2.51. The number of aliphatic imine (C=N–C) groups is 2. The van der Waals surface area contributed by atoms with Gasteiger partial charge < -0.3 is 10.2 Å². The van der Waals surface area contributed by atoms with Crippen LogP contribution in [0.5, 0.6) is 0 Å². The van der Waals surface area contributed by atoms with E-state index in [0.29, 0.717) is 35.5 Å². The van der Waals surface area contributed by atoms with Gasteiger partial charge in [-0.25, -0.2) is 9.38 Å². The summed E-state index contributed by atoms with van der Waals surface area (Å²) in [5.74, 6) is 0.708. The molecule has 43 heavy (non-hydrogen) atoms. The van der Waals surface area contributed by atoms with E-state index in [9.17, 15) is 14.0 Å². The van der Waals surface area contributed by atoms with E-state index in [1.165, 1.54) is 12.3 Å². The maximum atomic E-state index is 14.4. The van der Waals surface area contributed by atoms with Crippen molar-refractivity contribution >= 4 is 23.4 Å². The standard InChI is InChI=1S/C33H42FN7O2/c1-21(2)22-10-14-33(15-11-22)39-29(25-16-26(34)18-35-17-25)31(43)41(33)27(12-13-32(3,4)5)23-6-8-24(9-7-23)30(42)36-19-28-37-20-38-40-28/h6-9,16-18,21-22,27H,10-15,19-20H2,1-5H3,(H,36,42)/t22?,27-,33?/m1/s1. The summed E-state index contributed by atoms with van der Waals surface area (Å²) in [7, 11) is 0. The highest BCUT2D eigenvalue weighted by molar-refractivity contribution is 6.46. The summed E-state index contributed by atoms with van der Waals surface area (Å²) in [5.41, 5.74) is 1.47. The summed E-state index contributed by atoms with van der Waals surface area (Å²) in [6.07, 6.45) is 7.70. The zero-order valence-corrected chi connectivity index (χ0v) is 25.8. The number of carbonyl (C=O) groups excluding carboxylic acids is 2. The molecular formula is C33H42FN7O2. The number of carbonyl (C=O) groups is 2. The number of halogens is 1. The quantitative estimate of drug-likeness (QED) is 0.361. The number of aromatic nitrogens is 1. The Morgan fingerprint density at radius 2 is 1.86 bits per heavy atom. The lowest BCUT2D eigenvalue weighted by atomic mass is 9.75. The van der Waals surface area contributed by atoms with E-state index >= 15 is 0 Å². The van der Waals surface area contributed by atoms with Gasteiger partial charge in [0, 0.05) is 17.3 Å². The number of benzene rings is 1. The van der Waals surface area contributed by atoms with E-state index in [0.717, 1.165) is 50.3 Å². The second kappa shape index (κ2) is 12.4. The van der Waals surface area contributed by atoms with Crippen LogP contribution in [0.25, 0.3) is 0 Å². The Balaban J connectivity index is 1.48. The van der Waals surface area contributed by atoms with Crippen LogP contribution in [-0.4, -0.2) is 52.1 Å². The third-order valence-electron chi connectivity index (χ3n) is 8.89. The van der Waals surface area contributed by atoms with Gasteiger partial charge in [0.1, 0.15) is 17.2 Å². The average molecular weight is 588 g/mol. The van der Waals surface area contributed by atoms with Gasteiger partial charge >= 0.3 is 0 Å². The first kappa shape index (κ1) is 30.6. The second-order valence-corrected chi connectivity index (χ2v) is 13.5. The van der Waals surface area contributed by atoms with Crippen molar-refractivity contribution in [2.75, 3.05) is 13.2 Å². The average Bonchev–Trinajstić information content (AvgIpc) is 3.59. The molecule has 1 N–H and O–H groups in total. The Kier molecular flexibility index (Phi) is 8.85. The van der Waals surface area contributed by atoms with E-state index in [2.05, 4.69) is 60.1 Å². The highest BCUT2D eigenvalue weighted by Crippen LogP contribution is 2.48. The van der Waals surface area contributed by atoms with Crippen LogP contribution < -0.4 is 5.32 Å². The van der Waals surface area contributed by atoms with Gasteiger partial charge in [-0.1, -0.05) is 46.8 Å². The third-order valence-corrected chi connectivity index (χ3v) is 8.89. The van der Waals surface area contributed by atoms with Crippen LogP contribution in [0.15, 0.2) is 62.9 Å². The number of rotatable bonds is 9. The summed E-state index contributed by atoms with van der Waals surface area (Å²) in [6.45, 7) is 11.6. The molecule has 1 fully saturated rings. The van der Waals surface area contributed by atoms with Crippen LogP contribution in [0.4, 0.5) is 4.39 Å². The minimum atomic E-state index is -0.709. The molecular weight excluding hydrogens is 545 g/mol. The van der Waals surface area contributed by atoms with E-state index < -0.39 is 11.5 Å². The van der Waals surface area contributed by atoms with E-state index in [1.807, 2.05) is 17.0 Å². The van der Waals surface area contributed by atoms with Crippen LogP contribution in [-0.2, 0) is 4.79 Å². The fourth-order valence-corrected chi connectivity index (χ4v) is 6.38. The van der Waals surface area contributed by atoms with Gasteiger partial charge in [0.25, 0.3) is 11.8 Å². The molecule has 3 aliphatic rings. The van der Waals surface area contributed by atoms with Gasteiger partial charge in [-0.2, -0.15) is 5.11 Å². The van der Waals surface area contributed by atoms with Crippen LogP contribution >= 0.6 is 0 Å². The van der Waals surface area contributed by atoms with Crippen molar-refractivity contribution in [2.45, 2.75) is 84.8 Å². The Hall–Kier alpha value is -3.82. The summed E-state index contributed by atoms with van der Waals surface area (Å²) < 4.78 is 14.2. The number of nitrogens with zero attached hydrogens (tertiary/aromatic N) is 6. The van der Waals surface area contributed by atoms with E-state index in [4.69, 9.17) is 4.99 Å². The van der Waals surface area contributed by atoms with Crippen molar-refractivity contribution in [3.05, 3.63) is 65.2 Å². The molecule has 5 rings (SSSR count). The first-order chi connectivity index (χ1) is 20.5. The van der Waals surface area contributed by atoms with Crippen molar-refractivity contribution in [1.29, 1.82) is 0 Å². The third kappa shape index (κ3) is 6.89. The predicted octanol–water partition coefficient (Wildman–Crippen LogP) is 6.51. The van der Waals surface area contributed by atoms with Gasteiger partial charge in [0.05, 0.1) is 18.8 Å². The van der Waals surface area contributed by atoms with Crippen molar-refractivity contribution in [3.63, 3.8) is 0 Å². The molecule has 2 amide bonds. The fraction of sp³-hybridized carbons (Fsp3) is 0.545. The van der Waals surface area contributed by atoms with Crippen LogP contribution in [0, 0.1) is 23.1 Å². The molecule has 1 aliphatic carbocycles. The summed E-state index contributed by atoms with van der Waals surface area (Å²) >= 11 is 0.